The predicted molar refractivity (Wildman–Crippen MR) is 64.6 cm³/mol. The van der Waals surface area contributed by atoms with Crippen molar-refractivity contribution in [3.05, 3.63) is 21.1 Å². The van der Waals surface area contributed by atoms with E-state index in [1.165, 1.54) is 17.5 Å². The van der Waals surface area contributed by atoms with Crippen LogP contribution in [0.25, 0.3) is 10.0 Å². The third-order valence-corrected chi connectivity index (χ3v) is 4.23. The van der Waals surface area contributed by atoms with Gasteiger partial charge in [-0.25, -0.2) is 14.8 Å². The van der Waals surface area contributed by atoms with E-state index in [1.54, 1.807) is 0 Å². The molecule has 0 radical (unpaired) electrons. The predicted octanol–water partition coefficient (Wildman–Crippen LogP) is 3.18. The van der Waals surface area contributed by atoms with E-state index < -0.39 is 5.97 Å². The lowest BCUT2D eigenvalue weighted by Crippen LogP contribution is -1.97. The molecule has 0 unspecified atom stereocenters. The lowest BCUT2D eigenvalue weighted by Gasteiger charge is -1.89. The Morgan fingerprint density at radius 3 is 2.69 bits per heavy atom. The molecule has 7 heteroatoms. The van der Waals surface area contributed by atoms with Gasteiger partial charge in [0.05, 0.1) is 11.9 Å². The molecular formula is C9H7ClN2O2S2. The second kappa shape index (κ2) is 4.48. The van der Waals surface area contributed by atoms with Gasteiger partial charge in [-0.3, -0.25) is 0 Å². The number of carboxylic acids is 1. The number of aromatic carboxylic acids is 1. The third kappa shape index (κ3) is 2.09. The average Bonchev–Trinajstić information content (AvgIpc) is 2.82. The molecule has 2 heterocycles. The molecule has 2 rings (SSSR count). The zero-order chi connectivity index (χ0) is 11.7. The van der Waals surface area contributed by atoms with E-state index in [4.69, 9.17) is 16.7 Å². The Labute approximate surface area is 105 Å². The minimum Gasteiger partial charge on any atom is -0.477 e. The van der Waals surface area contributed by atoms with Gasteiger partial charge in [0, 0.05) is 0 Å². The maximum absolute atomic E-state index is 11.0. The second-order valence-corrected chi connectivity index (χ2v) is 5.58. The molecule has 1 N–H and O–H groups in total. The lowest BCUT2D eigenvalue weighted by molar-refractivity contribution is 0.0701. The summed E-state index contributed by atoms with van der Waals surface area (Å²) in [5.74, 6) is -0.941. The molecule has 0 aliphatic heterocycles. The number of hydrogen-bond donors (Lipinski definition) is 1. The van der Waals surface area contributed by atoms with Gasteiger partial charge < -0.3 is 5.11 Å². The summed E-state index contributed by atoms with van der Waals surface area (Å²) in [4.78, 5) is 19.6. The number of nitrogens with zero attached hydrogens (tertiary/aromatic N) is 2. The van der Waals surface area contributed by atoms with Crippen molar-refractivity contribution in [1.29, 1.82) is 0 Å². The summed E-state index contributed by atoms with van der Waals surface area (Å²) in [6.07, 6.45) is 2.13. The highest BCUT2D eigenvalue weighted by molar-refractivity contribution is 7.24. The van der Waals surface area contributed by atoms with Gasteiger partial charge in [0.15, 0.2) is 10.0 Å². The van der Waals surface area contributed by atoms with Crippen LogP contribution in [0.4, 0.5) is 0 Å². The highest BCUT2D eigenvalue weighted by Crippen LogP contribution is 2.32. The number of carbonyl (C=O) groups is 1. The molecule has 0 aliphatic rings. The molecule has 0 saturated heterocycles. The van der Waals surface area contributed by atoms with E-state index in [1.807, 2.05) is 6.92 Å². The van der Waals surface area contributed by atoms with E-state index in [-0.39, 0.29) is 4.88 Å². The summed E-state index contributed by atoms with van der Waals surface area (Å²) in [6, 6.07) is 0. The van der Waals surface area contributed by atoms with Crippen LogP contribution in [-0.4, -0.2) is 21.0 Å². The van der Waals surface area contributed by atoms with Gasteiger partial charge >= 0.3 is 5.97 Å². The molecule has 0 fully saturated rings. The van der Waals surface area contributed by atoms with E-state index >= 15 is 0 Å². The number of carboxylic acid groups (broad SMARTS) is 1. The van der Waals surface area contributed by atoms with Crippen molar-refractivity contribution in [3.63, 3.8) is 0 Å². The van der Waals surface area contributed by atoms with Crippen LogP contribution in [0.2, 0.25) is 4.34 Å². The first-order valence-electron chi connectivity index (χ1n) is 4.46. The summed E-state index contributed by atoms with van der Waals surface area (Å²) in [6.45, 7) is 1.88. The first-order chi connectivity index (χ1) is 7.61. The fraction of sp³-hybridized carbons (Fsp3) is 0.222. The Morgan fingerprint density at radius 1 is 1.50 bits per heavy atom. The Hall–Kier alpha value is -0.980. The molecule has 0 aromatic carbocycles. The third-order valence-electron chi connectivity index (χ3n) is 1.89. The minimum absolute atomic E-state index is 0.281. The van der Waals surface area contributed by atoms with Crippen molar-refractivity contribution in [1.82, 2.24) is 9.97 Å². The van der Waals surface area contributed by atoms with Crippen LogP contribution in [0.1, 0.15) is 22.3 Å². The number of thiazole rings is 2. The molecule has 2 aromatic rings. The molecule has 0 bridgehead atoms. The van der Waals surface area contributed by atoms with Crippen LogP contribution < -0.4 is 0 Å². The molecule has 0 aliphatic carbocycles. The molecular weight excluding hydrogens is 268 g/mol. The minimum atomic E-state index is -0.941. The average molecular weight is 275 g/mol. The van der Waals surface area contributed by atoms with Gasteiger partial charge in [-0.15, -0.1) is 11.3 Å². The first kappa shape index (κ1) is 11.5. The molecule has 4 nitrogen and oxygen atoms in total. The number of halogens is 1. The largest absolute Gasteiger partial charge is 0.477 e. The van der Waals surface area contributed by atoms with E-state index in [0.29, 0.717) is 26.5 Å². The molecule has 2 aromatic heterocycles. The maximum Gasteiger partial charge on any atom is 0.347 e. The smallest absolute Gasteiger partial charge is 0.347 e. The summed E-state index contributed by atoms with van der Waals surface area (Å²) in [5.41, 5.74) is 0.596. The van der Waals surface area contributed by atoms with Gasteiger partial charge in [-0.1, -0.05) is 29.9 Å². The molecule has 0 spiro atoms. The highest BCUT2D eigenvalue weighted by Gasteiger charge is 2.18. The molecule has 0 atom stereocenters. The summed E-state index contributed by atoms with van der Waals surface area (Å²) >= 11 is 8.20. The Bertz CT molecular complexity index is 535. The highest BCUT2D eigenvalue weighted by atomic mass is 35.5. The topological polar surface area (TPSA) is 63.1 Å². The van der Waals surface area contributed by atoms with Crippen LogP contribution in [0.15, 0.2) is 6.20 Å². The van der Waals surface area contributed by atoms with Crippen molar-refractivity contribution in [2.45, 2.75) is 13.3 Å². The maximum atomic E-state index is 11.0. The molecule has 0 saturated carbocycles. The van der Waals surface area contributed by atoms with Crippen LogP contribution in [-0.2, 0) is 6.42 Å². The molecule has 16 heavy (non-hydrogen) atoms. The van der Waals surface area contributed by atoms with Crippen LogP contribution in [0.3, 0.4) is 0 Å². The monoisotopic (exact) mass is 274 g/mol. The number of aryl methyl sites for hydroxylation is 1. The van der Waals surface area contributed by atoms with E-state index in [2.05, 4.69) is 9.97 Å². The van der Waals surface area contributed by atoms with Gasteiger partial charge in [-0.05, 0) is 6.42 Å². The number of rotatable bonds is 3. The van der Waals surface area contributed by atoms with Crippen molar-refractivity contribution >= 4 is 40.2 Å². The van der Waals surface area contributed by atoms with Gasteiger partial charge in [0.2, 0.25) is 0 Å². The summed E-state index contributed by atoms with van der Waals surface area (Å²) < 4.78 is 0.570. The van der Waals surface area contributed by atoms with Gasteiger partial charge in [0.1, 0.15) is 9.21 Å². The Kier molecular flexibility index (Phi) is 3.22. The standard InChI is InChI=1S/C9H7ClN2O2S2/c1-2-4-6(9(13)14)16-8(12-4)7-11-3-5(10)15-7/h3H,2H2,1H3,(H,13,14). The zero-order valence-corrected chi connectivity index (χ0v) is 10.6. The van der Waals surface area contributed by atoms with Gasteiger partial charge in [0.25, 0.3) is 0 Å². The quantitative estimate of drug-likeness (QED) is 0.934. The normalized spacial score (nSPS) is 10.6. The van der Waals surface area contributed by atoms with Crippen molar-refractivity contribution < 1.29 is 9.90 Å². The SMILES string of the molecule is CCc1nc(-c2ncc(Cl)s2)sc1C(=O)O. The number of aromatic nitrogens is 2. The zero-order valence-electron chi connectivity index (χ0n) is 8.23. The van der Waals surface area contributed by atoms with E-state index in [0.717, 1.165) is 11.3 Å². The fourth-order valence-electron chi connectivity index (χ4n) is 1.20. The van der Waals surface area contributed by atoms with Gasteiger partial charge in [-0.2, -0.15) is 0 Å². The first-order valence-corrected chi connectivity index (χ1v) is 6.47. The Morgan fingerprint density at radius 2 is 2.25 bits per heavy atom. The van der Waals surface area contributed by atoms with Crippen molar-refractivity contribution in [3.8, 4) is 10.0 Å². The van der Waals surface area contributed by atoms with Crippen molar-refractivity contribution in [2.75, 3.05) is 0 Å². The van der Waals surface area contributed by atoms with Crippen LogP contribution in [0, 0.1) is 0 Å². The Balaban J connectivity index is 2.47. The number of hydrogen-bond acceptors (Lipinski definition) is 5. The fourth-order valence-corrected chi connectivity index (χ4v) is 3.13. The van der Waals surface area contributed by atoms with Crippen LogP contribution >= 0.6 is 34.3 Å². The molecule has 84 valence electrons. The second-order valence-electron chi connectivity index (χ2n) is 2.92. The lowest BCUT2D eigenvalue weighted by atomic mass is 10.3. The van der Waals surface area contributed by atoms with E-state index in [9.17, 15) is 4.79 Å². The van der Waals surface area contributed by atoms with Crippen molar-refractivity contribution in [2.24, 2.45) is 0 Å². The van der Waals surface area contributed by atoms with Crippen LogP contribution in [0.5, 0.6) is 0 Å². The summed E-state index contributed by atoms with van der Waals surface area (Å²) in [5, 5.41) is 10.3. The summed E-state index contributed by atoms with van der Waals surface area (Å²) in [7, 11) is 0. The molecule has 0 amide bonds.